The molecular formula is C56H57N. The summed E-state index contributed by atoms with van der Waals surface area (Å²) in [4.78, 5) is 2.51. The molecule has 57 heavy (non-hydrogen) atoms. The second-order valence-electron chi connectivity index (χ2n) is 19.3. The zero-order valence-electron chi connectivity index (χ0n) is 34.2. The standard InChI is InChI=1S/C56H57N/c1-36-10-9-15-52-54(36)51-29-28-48(35-53(51)56(52,2)3)57(47-26-22-43(23-27-47)55-44-31-37-30-38(33-44)34-45(55)32-37)46-24-20-42(21-25-46)50-14-8-7-13-49(50)41-18-16-40(17-19-41)39-11-5-4-6-12-39/h7-10,13-29,35,37-39,44-45,55H,4-6,11-12,30-34H2,1-3H3. The van der Waals surface area contributed by atoms with Crippen molar-refractivity contribution in [2.75, 3.05) is 4.90 Å². The van der Waals surface area contributed by atoms with Crippen molar-refractivity contribution in [3.05, 3.63) is 161 Å². The number of rotatable bonds is 7. The summed E-state index contributed by atoms with van der Waals surface area (Å²) >= 11 is 0. The van der Waals surface area contributed by atoms with Crippen molar-refractivity contribution in [2.24, 2.45) is 23.7 Å². The largest absolute Gasteiger partial charge is 0.310 e. The number of benzene rings is 6. The van der Waals surface area contributed by atoms with E-state index in [1.54, 1.807) is 5.56 Å². The molecule has 1 nitrogen and oxygen atoms in total. The number of hydrogen-bond donors (Lipinski definition) is 0. The molecule has 286 valence electrons. The van der Waals surface area contributed by atoms with Crippen LogP contribution in [0.3, 0.4) is 0 Å². The first-order valence-electron chi connectivity index (χ1n) is 22.3. The van der Waals surface area contributed by atoms with Gasteiger partial charge in [0.25, 0.3) is 0 Å². The van der Waals surface area contributed by atoms with E-state index in [0.29, 0.717) is 0 Å². The van der Waals surface area contributed by atoms with Gasteiger partial charge in [0, 0.05) is 22.5 Å². The van der Waals surface area contributed by atoms with Crippen LogP contribution in [-0.4, -0.2) is 0 Å². The molecule has 5 saturated carbocycles. The molecule has 4 bridgehead atoms. The Kier molecular flexibility index (Phi) is 8.61. The third-order valence-corrected chi connectivity index (χ3v) is 15.6. The first-order chi connectivity index (χ1) is 27.9. The highest BCUT2D eigenvalue weighted by Gasteiger charge is 2.48. The predicted octanol–water partition coefficient (Wildman–Crippen LogP) is 15.7. The molecule has 5 fully saturated rings. The maximum absolute atomic E-state index is 2.51. The Morgan fingerprint density at radius 2 is 1.05 bits per heavy atom. The zero-order chi connectivity index (χ0) is 38.3. The van der Waals surface area contributed by atoms with E-state index in [0.717, 1.165) is 35.5 Å². The Balaban J connectivity index is 0.957. The second-order valence-corrected chi connectivity index (χ2v) is 19.3. The topological polar surface area (TPSA) is 3.24 Å². The summed E-state index contributed by atoms with van der Waals surface area (Å²) in [6, 6.07) is 51.8. The van der Waals surface area contributed by atoms with Crippen molar-refractivity contribution in [1.82, 2.24) is 0 Å². The van der Waals surface area contributed by atoms with Crippen molar-refractivity contribution >= 4 is 17.1 Å². The minimum Gasteiger partial charge on any atom is -0.310 e. The zero-order valence-corrected chi connectivity index (χ0v) is 34.2. The van der Waals surface area contributed by atoms with Gasteiger partial charge in [-0.05, 0) is 185 Å². The molecule has 0 N–H and O–H groups in total. The van der Waals surface area contributed by atoms with Crippen molar-refractivity contribution < 1.29 is 0 Å². The Morgan fingerprint density at radius 3 is 1.68 bits per heavy atom. The minimum atomic E-state index is -0.0656. The molecule has 6 aliphatic carbocycles. The molecule has 0 saturated heterocycles. The van der Waals surface area contributed by atoms with Crippen LogP contribution in [-0.2, 0) is 5.41 Å². The fourth-order valence-electron chi connectivity index (χ4n) is 13.0. The van der Waals surface area contributed by atoms with E-state index in [2.05, 4.69) is 159 Å². The smallest absolute Gasteiger partial charge is 0.0465 e. The molecule has 0 aromatic heterocycles. The van der Waals surface area contributed by atoms with Crippen LogP contribution in [0.4, 0.5) is 17.1 Å². The fraction of sp³-hybridized carbons (Fsp3) is 0.357. The predicted molar refractivity (Wildman–Crippen MR) is 240 cm³/mol. The number of hydrogen-bond acceptors (Lipinski definition) is 1. The van der Waals surface area contributed by atoms with Crippen molar-refractivity contribution in [1.29, 1.82) is 0 Å². The molecule has 0 radical (unpaired) electrons. The Labute approximate surface area is 341 Å². The lowest BCUT2D eigenvalue weighted by Crippen LogP contribution is -2.43. The molecule has 12 rings (SSSR count). The minimum absolute atomic E-state index is 0.0656. The van der Waals surface area contributed by atoms with Gasteiger partial charge in [-0.1, -0.05) is 130 Å². The Hall–Kier alpha value is -4.88. The molecule has 6 aliphatic rings. The van der Waals surface area contributed by atoms with Gasteiger partial charge in [-0.15, -0.1) is 0 Å². The van der Waals surface area contributed by atoms with Gasteiger partial charge >= 0.3 is 0 Å². The monoisotopic (exact) mass is 743 g/mol. The van der Waals surface area contributed by atoms with E-state index in [9.17, 15) is 0 Å². The number of anilines is 3. The molecular weight excluding hydrogens is 687 g/mol. The maximum Gasteiger partial charge on any atom is 0.0465 e. The molecule has 0 aliphatic heterocycles. The van der Waals surface area contributed by atoms with Gasteiger partial charge in [-0.2, -0.15) is 0 Å². The second kappa shape index (κ2) is 13.9. The normalized spacial score (nSPS) is 24.3. The molecule has 1 heteroatoms. The van der Waals surface area contributed by atoms with Gasteiger partial charge in [-0.3, -0.25) is 0 Å². The molecule has 0 heterocycles. The van der Waals surface area contributed by atoms with E-state index in [-0.39, 0.29) is 5.41 Å². The first-order valence-corrected chi connectivity index (χ1v) is 22.3. The number of aryl methyl sites for hydroxylation is 1. The summed E-state index contributed by atoms with van der Waals surface area (Å²) in [6.45, 7) is 7.07. The van der Waals surface area contributed by atoms with Crippen LogP contribution < -0.4 is 4.90 Å². The summed E-state index contributed by atoms with van der Waals surface area (Å²) in [5.41, 5.74) is 18.8. The van der Waals surface area contributed by atoms with Crippen molar-refractivity contribution in [2.45, 2.75) is 102 Å². The van der Waals surface area contributed by atoms with Crippen LogP contribution in [0.1, 0.15) is 118 Å². The van der Waals surface area contributed by atoms with Gasteiger partial charge in [0.15, 0.2) is 0 Å². The van der Waals surface area contributed by atoms with Crippen LogP contribution >= 0.6 is 0 Å². The first kappa shape index (κ1) is 35.3. The molecule has 0 amide bonds. The lowest BCUT2D eigenvalue weighted by Gasteiger charge is -2.54. The Morgan fingerprint density at radius 1 is 0.491 bits per heavy atom. The lowest BCUT2D eigenvalue weighted by molar-refractivity contribution is -0.00277. The summed E-state index contributed by atoms with van der Waals surface area (Å²) in [5, 5.41) is 0. The third kappa shape index (κ3) is 6.02. The molecule has 6 aromatic rings. The van der Waals surface area contributed by atoms with E-state index >= 15 is 0 Å². The van der Waals surface area contributed by atoms with Gasteiger partial charge in [0.05, 0.1) is 0 Å². The molecule has 0 atom stereocenters. The molecule has 0 unspecified atom stereocenters. The van der Waals surface area contributed by atoms with Gasteiger partial charge in [-0.25, -0.2) is 0 Å². The maximum atomic E-state index is 2.51. The lowest BCUT2D eigenvalue weighted by atomic mass is 9.51. The molecule has 0 spiro atoms. The SMILES string of the molecule is Cc1cccc2c1-c1ccc(N(c3ccc(-c4ccccc4-c4ccc(C5CCCCC5)cc4)cc3)c3ccc(C4C5CC6CC(C5)CC4C6)cc3)cc1C2(C)C. The van der Waals surface area contributed by atoms with Crippen molar-refractivity contribution in [3.63, 3.8) is 0 Å². The van der Waals surface area contributed by atoms with Gasteiger partial charge in [0.2, 0.25) is 0 Å². The fourth-order valence-corrected chi connectivity index (χ4v) is 13.0. The van der Waals surface area contributed by atoms with Crippen molar-refractivity contribution in [3.8, 4) is 33.4 Å². The van der Waals surface area contributed by atoms with E-state index in [1.807, 2.05) is 0 Å². The van der Waals surface area contributed by atoms with Crippen LogP contribution in [0.5, 0.6) is 0 Å². The summed E-state index contributed by atoms with van der Waals surface area (Å²) < 4.78 is 0. The molecule has 6 aromatic carbocycles. The van der Waals surface area contributed by atoms with Crippen LogP contribution in [0.2, 0.25) is 0 Å². The quantitative estimate of drug-likeness (QED) is 0.157. The highest BCUT2D eigenvalue weighted by Crippen LogP contribution is 2.60. The average Bonchev–Trinajstić information content (AvgIpc) is 3.48. The van der Waals surface area contributed by atoms with E-state index in [1.165, 1.54) is 137 Å². The summed E-state index contributed by atoms with van der Waals surface area (Å²) in [7, 11) is 0. The summed E-state index contributed by atoms with van der Waals surface area (Å²) in [6.07, 6.45) is 14.1. The highest BCUT2D eigenvalue weighted by molar-refractivity contribution is 5.88. The number of fused-ring (bicyclic) bond motifs is 3. The van der Waals surface area contributed by atoms with E-state index in [4.69, 9.17) is 0 Å². The number of nitrogens with zero attached hydrogens (tertiary/aromatic N) is 1. The van der Waals surface area contributed by atoms with Crippen LogP contribution in [0, 0.1) is 30.6 Å². The highest BCUT2D eigenvalue weighted by atomic mass is 15.1. The summed E-state index contributed by atoms with van der Waals surface area (Å²) in [5.74, 6) is 5.24. The van der Waals surface area contributed by atoms with E-state index < -0.39 is 0 Å². The van der Waals surface area contributed by atoms with Gasteiger partial charge < -0.3 is 4.90 Å². The average molecular weight is 744 g/mol. The Bertz CT molecular complexity index is 2400. The van der Waals surface area contributed by atoms with Crippen LogP contribution in [0.15, 0.2) is 133 Å². The van der Waals surface area contributed by atoms with Gasteiger partial charge in [0.1, 0.15) is 0 Å². The van der Waals surface area contributed by atoms with Crippen LogP contribution in [0.25, 0.3) is 33.4 Å². The third-order valence-electron chi connectivity index (χ3n) is 15.6.